The normalized spacial score (nSPS) is 18.3. The number of carboxylic acids is 1. The van der Waals surface area contributed by atoms with Gasteiger partial charge in [0.2, 0.25) is 5.88 Å². The molecule has 0 bridgehead atoms. The van der Waals surface area contributed by atoms with E-state index in [4.69, 9.17) is 9.84 Å². The zero-order valence-electron chi connectivity index (χ0n) is 10.9. The second kappa shape index (κ2) is 4.96. The fourth-order valence-electron chi connectivity index (χ4n) is 2.68. The highest BCUT2D eigenvalue weighted by Gasteiger charge is 2.31. The van der Waals surface area contributed by atoms with Crippen LogP contribution in [0.3, 0.4) is 0 Å². The Balaban J connectivity index is 2.37. The first-order chi connectivity index (χ1) is 8.57. The summed E-state index contributed by atoms with van der Waals surface area (Å²) in [4.78, 5) is 15.4. The highest BCUT2D eigenvalue weighted by molar-refractivity contribution is 5.90. The number of aromatic nitrogens is 1. The standard InChI is InChI=1S/C14H19NO3/c1-14(8-4-3-5-9-14)11-7-6-10(13(16)17)12(15-11)18-2/h6-7H,3-5,8-9H2,1-2H3,(H,16,17). The van der Waals surface area contributed by atoms with Crippen molar-refractivity contribution in [3.63, 3.8) is 0 Å². The summed E-state index contributed by atoms with van der Waals surface area (Å²) < 4.78 is 5.09. The Kier molecular flexibility index (Phi) is 3.55. The first-order valence-electron chi connectivity index (χ1n) is 6.36. The number of pyridine rings is 1. The Hall–Kier alpha value is -1.58. The molecule has 1 aromatic heterocycles. The molecule has 0 spiro atoms. The van der Waals surface area contributed by atoms with Crippen molar-refractivity contribution in [3.8, 4) is 5.88 Å². The van der Waals surface area contributed by atoms with E-state index >= 15 is 0 Å². The fourth-order valence-corrected chi connectivity index (χ4v) is 2.68. The minimum atomic E-state index is -1.00. The minimum absolute atomic E-state index is 0.0581. The van der Waals surface area contributed by atoms with Gasteiger partial charge in [-0.05, 0) is 25.0 Å². The van der Waals surface area contributed by atoms with Crippen molar-refractivity contribution in [2.24, 2.45) is 0 Å². The molecule has 0 radical (unpaired) electrons. The fraction of sp³-hybridized carbons (Fsp3) is 0.571. The number of aromatic carboxylic acids is 1. The summed E-state index contributed by atoms with van der Waals surface area (Å²) in [6.07, 6.45) is 5.91. The van der Waals surface area contributed by atoms with Crippen molar-refractivity contribution in [1.29, 1.82) is 0 Å². The van der Waals surface area contributed by atoms with Crippen LogP contribution >= 0.6 is 0 Å². The van der Waals surface area contributed by atoms with E-state index in [1.807, 2.05) is 6.07 Å². The molecule has 1 aliphatic carbocycles. The number of hydrogen-bond donors (Lipinski definition) is 1. The molecule has 0 aromatic carbocycles. The summed E-state index contributed by atoms with van der Waals surface area (Å²) in [6, 6.07) is 3.43. The predicted molar refractivity (Wildman–Crippen MR) is 68.2 cm³/mol. The van der Waals surface area contributed by atoms with Crippen LogP contribution in [0.25, 0.3) is 0 Å². The Bertz CT molecular complexity index is 450. The Labute approximate surface area is 107 Å². The van der Waals surface area contributed by atoms with E-state index in [0.29, 0.717) is 0 Å². The van der Waals surface area contributed by atoms with E-state index in [-0.39, 0.29) is 16.9 Å². The van der Waals surface area contributed by atoms with Gasteiger partial charge in [-0.1, -0.05) is 26.2 Å². The van der Waals surface area contributed by atoms with Crippen LogP contribution in [0.5, 0.6) is 5.88 Å². The van der Waals surface area contributed by atoms with Crippen molar-refractivity contribution >= 4 is 5.97 Å². The van der Waals surface area contributed by atoms with Gasteiger partial charge in [-0.2, -0.15) is 0 Å². The van der Waals surface area contributed by atoms with Crippen molar-refractivity contribution in [2.75, 3.05) is 7.11 Å². The number of carbonyl (C=O) groups is 1. The van der Waals surface area contributed by atoms with Gasteiger partial charge in [0.15, 0.2) is 0 Å². The zero-order valence-corrected chi connectivity index (χ0v) is 10.9. The van der Waals surface area contributed by atoms with Gasteiger partial charge in [-0.15, -0.1) is 0 Å². The molecular formula is C14H19NO3. The predicted octanol–water partition coefficient (Wildman–Crippen LogP) is 3.01. The van der Waals surface area contributed by atoms with Crippen molar-refractivity contribution in [3.05, 3.63) is 23.4 Å². The van der Waals surface area contributed by atoms with Crippen molar-refractivity contribution in [2.45, 2.75) is 44.4 Å². The molecule has 98 valence electrons. The molecular weight excluding hydrogens is 230 g/mol. The number of carboxylic acid groups (broad SMARTS) is 1. The summed E-state index contributed by atoms with van der Waals surface area (Å²) in [5.74, 6) is -0.786. The quantitative estimate of drug-likeness (QED) is 0.894. The monoisotopic (exact) mass is 249 g/mol. The van der Waals surface area contributed by atoms with Crippen LogP contribution < -0.4 is 4.74 Å². The van der Waals surface area contributed by atoms with Crippen LogP contribution in [-0.2, 0) is 5.41 Å². The van der Waals surface area contributed by atoms with Crippen LogP contribution in [0.1, 0.15) is 55.1 Å². The maximum Gasteiger partial charge on any atom is 0.341 e. The molecule has 4 heteroatoms. The number of hydrogen-bond acceptors (Lipinski definition) is 3. The number of nitrogens with zero attached hydrogens (tertiary/aromatic N) is 1. The van der Waals surface area contributed by atoms with Gasteiger partial charge in [0.05, 0.1) is 12.8 Å². The van der Waals surface area contributed by atoms with Crippen LogP contribution in [0, 0.1) is 0 Å². The topological polar surface area (TPSA) is 59.4 Å². The van der Waals surface area contributed by atoms with Crippen molar-refractivity contribution < 1.29 is 14.6 Å². The summed E-state index contributed by atoms with van der Waals surface area (Å²) in [7, 11) is 1.46. The molecule has 0 amide bonds. The van der Waals surface area contributed by atoms with E-state index < -0.39 is 5.97 Å². The second-order valence-electron chi connectivity index (χ2n) is 5.18. The number of methoxy groups -OCH3 is 1. The van der Waals surface area contributed by atoms with Crippen LogP contribution in [-0.4, -0.2) is 23.2 Å². The lowest BCUT2D eigenvalue weighted by Crippen LogP contribution is -2.26. The molecule has 0 saturated heterocycles. The number of rotatable bonds is 3. The smallest absolute Gasteiger partial charge is 0.341 e. The summed E-state index contributed by atoms with van der Waals surface area (Å²) in [6.45, 7) is 2.20. The molecule has 1 aliphatic rings. The molecule has 1 fully saturated rings. The molecule has 2 rings (SSSR count). The van der Waals surface area contributed by atoms with Gasteiger partial charge in [-0.3, -0.25) is 0 Å². The van der Waals surface area contributed by atoms with Gasteiger partial charge in [0, 0.05) is 5.41 Å². The average Bonchev–Trinajstić information content (AvgIpc) is 2.38. The van der Waals surface area contributed by atoms with Crippen LogP contribution in [0.2, 0.25) is 0 Å². The van der Waals surface area contributed by atoms with Gasteiger partial charge >= 0.3 is 5.97 Å². The molecule has 18 heavy (non-hydrogen) atoms. The average molecular weight is 249 g/mol. The molecule has 1 N–H and O–H groups in total. The zero-order chi connectivity index (χ0) is 13.2. The largest absolute Gasteiger partial charge is 0.480 e. The van der Waals surface area contributed by atoms with E-state index in [1.165, 1.54) is 26.4 Å². The summed E-state index contributed by atoms with van der Waals surface area (Å²) in [5, 5.41) is 9.04. The van der Waals surface area contributed by atoms with Gasteiger partial charge < -0.3 is 9.84 Å². The molecule has 1 aromatic rings. The highest BCUT2D eigenvalue weighted by atomic mass is 16.5. The first kappa shape index (κ1) is 12.9. The molecule has 1 heterocycles. The lowest BCUT2D eigenvalue weighted by Gasteiger charge is -2.33. The molecule has 4 nitrogen and oxygen atoms in total. The van der Waals surface area contributed by atoms with Gasteiger partial charge in [-0.25, -0.2) is 9.78 Å². The SMILES string of the molecule is COc1nc(C2(C)CCCCC2)ccc1C(=O)O. The van der Waals surface area contributed by atoms with E-state index in [0.717, 1.165) is 18.5 Å². The molecule has 0 aliphatic heterocycles. The van der Waals surface area contributed by atoms with E-state index in [2.05, 4.69) is 11.9 Å². The van der Waals surface area contributed by atoms with Crippen molar-refractivity contribution in [1.82, 2.24) is 4.98 Å². The Morgan fingerprint density at radius 3 is 2.56 bits per heavy atom. The maximum absolute atomic E-state index is 11.0. The highest BCUT2D eigenvalue weighted by Crippen LogP contribution is 2.38. The number of ether oxygens (including phenoxy) is 1. The lowest BCUT2D eigenvalue weighted by molar-refractivity contribution is 0.0692. The molecule has 0 unspecified atom stereocenters. The van der Waals surface area contributed by atoms with Gasteiger partial charge in [0.1, 0.15) is 5.56 Å². The van der Waals surface area contributed by atoms with E-state index in [9.17, 15) is 4.79 Å². The third kappa shape index (κ3) is 2.33. The third-order valence-electron chi connectivity index (χ3n) is 3.86. The van der Waals surface area contributed by atoms with Crippen LogP contribution in [0.4, 0.5) is 0 Å². The van der Waals surface area contributed by atoms with E-state index in [1.54, 1.807) is 6.07 Å². The first-order valence-corrected chi connectivity index (χ1v) is 6.36. The summed E-state index contributed by atoms with van der Waals surface area (Å²) in [5.41, 5.74) is 1.13. The maximum atomic E-state index is 11.0. The third-order valence-corrected chi connectivity index (χ3v) is 3.86. The summed E-state index contributed by atoms with van der Waals surface area (Å²) >= 11 is 0. The van der Waals surface area contributed by atoms with Gasteiger partial charge in [0.25, 0.3) is 0 Å². The van der Waals surface area contributed by atoms with Crippen LogP contribution in [0.15, 0.2) is 12.1 Å². The Morgan fingerprint density at radius 1 is 1.33 bits per heavy atom. The molecule has 0 atom stereocenters. The molecule has 1 saturated carbocycles. The second-order valence-corrected chi connectivity index (χ2v) is 5.18. The lowest BCUT2D eigenvalue weighted by atomic mass is 9.73. The minimum Gasteiger partial charge on any atom is -0.480 e. The Morgan fingerprint density at radius 2 is 2.00 bits per heavy atom.